The number of aliphatic hydroxyl groups excluding tert-OH is 2. The molecule has 0 aromatic carbocycles. The van der Waals surface area contributed by atoms with Gasteiger partial charge in [-0.1, -0.05) is 12.5 Å². The van der Waals surface area contributed by atoms with Crippen LogP contribution in [0.15, 0.2) is 46.8 Å². The summed E-state index contributed by atoms with van der Waals surface area (Å²) in [6.45, 7) is 3.65. The Labute approximate surface area is 185 Å². The molecule has 4 atom stereocenters. The van der Waals surface area contributed by atoms with E-state index in [1.165, 1.54) is 6.08 Å². The number of esters is 1. The van der Waals surface area contributed by atoms with Crippen molar-refractivity contribution < 1.29 is 28.9 Å². The number of hydrogen-bond donors (Lipinski definition) is 2. The van der Waals surface area contributed by atoms with E-state index in [1.807, 2.05) is 38.1 Å². The van der Waals surface area contributed by atoms with E-state index in [9.17, 15) is 15.0 Å². The first-order chi connectivity index (χ1) is 14.9. The van der Waals surface area contributed by atoms with Gasteiger partial charge in [-0.15, -0.1) is 0 Å². The number of ether oxygens (including phenoxy) is 2. The van der Waals surface area contributed by atoms with Crippen LogP contribution in [0.4, 0.5) is 0 Å². The minimum Gasteiger partial charge on any atom is -0.501 e. The number of unbranched alkanes of at least 4 members (excludes halogenated alkanes) is 3. The van der Waals surface area contributed by atoms with Gasteiger partial charge < -0.3 is 24.1 Å². The van der Waals surface area contributed by atoms with Crippen molar-refractivity contribution >= 4 is 5.97 Å². The second-order valence-electron chi connectivity index (χ2n) is 8.51. The fourth-order valence-corrected chi connectivity index (χ4v) is 4.29. The third-order valence-electron chi connectivity index (χ3n) is 5.73. The minimum absolute atomic E-state index is 0.0267. The molecule has 2 unspecified atom stereocenters. The molecule has 1 aromatic rings. The second-order valence-corrected chi connectivity index (χ2v) is 8.51. The highest BCUT2D eigenvalue weighted by Crippen LogP contribution is 2.41. The number of rotatable bonds is 13. The number of furan rings is 1. The van der Waals surface area contributed by atoms with Gasteiger partial charge in [0.15, 0.2) is 0 Å². The lowest BCUT2D eigenvalue weighted by atomic mass is 9.86. The molecule has 1 aliphatic carbocycles. The first-order valence-electron chi connectivity index (χ1n) is 11.4. The van der Waals surface area contributed by atoms with Crippen LogP contribution in [-0.2, 0) is 20.7 Å². The molecule has 6 heteroatoms. The zero-order valence-electron chi connectivity index (χ0n) is 19.0. The van der Waals surface area contributed by atoms with E-state index in [0.29, 0.717) is 6.42 Å². The minimum atomic E-state index is -0.595. The van der Waals surface area contributed by atoms with Gasteiger partial charge in [-0.05, 0) is 70.1 Å². The van der Waals surface area contributed by atoms with Crippen molar-refractivity contribution in [3.05, 3.63) is 48.1 Å². The predicted molar refractivity (Wildman–Crippen MR) is 119 cm³/mol. The van der Waals surface area contributed by atoms with E-state index >= 15 is 0 Å². The molecule has 2 N–H and O–H groups in total. The first-order valence-corrected chi connectivity index (χ1v) is 11.4. The number of carbonyl (C=O) groups is 1. The van der Waals surface area contributed by atoms with Crippen molar-refractivity contribution in [2.45, 2.75) is 83.5 Å². The zero-order valence-corrected chi connectivity index (χ0v) is 19.0. The van der Waals surface area contributed by atoms with Gasteiger partial charge in [0, 0.05) is 24.8 Å². The maximum atomic E-state index is 11.5. The molecular formula is C25H38O6. The lowest BCUT2D eigenvalue weighted by molar-refractivity contribution is -0.141. The maximum Gasteiger partial charge on any atom is 0.330 e. The highest BCUT2D eigenvalue weighted by Gasteiger charge is 2.43. The standard InChI is InChI=1S/C25H38O6/c1-18(2)31-24(28)15-7-5-4-6-13-20-21(26)17-22(27)25(20)23(29-3)14-9-8-11-19-12-10-16-30-19/h7,10,12,14-16,18,20-22,25-27H,4-6,8-9,11,13,17H2,1-3H3/t20?,21-,22+,25?/m0/s1. The number of hydrogen-bond acceptors (Lipinski definition) is 6. The third kappa shape index (κ3) is 8.54. The fourth-order valence-electron chi connectivity index (χ4n) is 4.29. The summed E-state index contributed by atoms with van der Waals surface area (Å²) in [6.07, 6.45) is 12.2. The van der Waals surface area contributed by atoms with Gasteiger partial charge in [0.1, 0.15) is 5.76 Å². The monoisotopic (exact) mass is 434 g/mol. The number of methoxy groups -OCH3 is 1. The van der Waals surface area contributed by atoms with Crippen molar-refractivity contribution in [3.63, 3.8) is 0 Å². The molecule has 0 saturated heterocycles. The molecule has 2 rings (SSSR count). The molecule has 0 radical (unpaired) electrons. The molecule has 1 heterocycles. The molecule has 0 aliphatic heterocycles. The van der Waals surface area contributed by atoms with Gasteiger partial charge in [0.05, 0.1) is 37.4 Å². The van der Waals surface area contributed by atoms with E-state index in [4.69, 9.17) is 13.9 Å². The topological polar surface area (TPSA) is 89.1 Å². The molecule has 1 fully saturated rings. The van der Waals surface area contributed by atoms with Gasteiger partial charge in [0.2, 0.25) is 0 Å². The van der Waals surface area contributed by atoms with E-state index in [0.717, 1.165) is 56.5 Å². The molecular weight excluding hydrogens is 396 g/mol. The summed E-state index contributed by atoms with van der Waals surface area (Å²) in [6, 6.07) is 3.86. The normalized spacial score (nSPS) is 24.3. The largest absolute Gasteiger partial charge is 0.501 e. The van der Waals surface area contributed by atoms with Gasteiger partial charge in [-0.25, -0.2) is 4.79 Å². The van der Waals surface area contributed by atoms with Crippen molar-refractivity contribution in [2.24, 2.45) is 11.8 Å². The van der Waals surface area contributed by atoms with Crippen LogP contribution < -0.4 is 0 Å². The number of aliphatic hydroxyl groups is 2. The molecule has 0 bridgehead atoms. The van der Waals surface area contributed by atoms with Crippen molar-refractivity contribution in [3.8, 4) is 0 Å². The number of carbonyl (C=O) groups excluding carboxylic acids is 1. The second kappa shape index (κ2) is 13.4. The molecule has 0 amide bonds. The van der Waals surface area contributed by atoms with Crippen LogP contribution in [-0.4, -0.2) is 41.6 Å². The molecule has 1 aliphatic rings. The predicted octanol–water partition coefficient (Wildman–Crippen LogP) is 4.56. The van der Waals surface area contributed by atoms with Crippen LogP contribution in [0, 0.1) is 11.8 Å². The van der Waals surface area contributed by atoms with Crippen molar-refractivity contribution in [1.82, 2.24) is 0 Å². The lowest BCUT2D eigenvalue weighted by Gasteiger charge is -2.25. The zero-order chi connectivity index (χ0) is 22.6. The number of allylic oxidation sites excluding steroid dienone is 2. The summed E-state index contributed by atoms with van der Waals surface area (Å²) in [7, 11) is 1.63. The maximum absolute atomic E-state index is 11.5. The molecule has 6 nitrogen and oxygen atoms in total. The van der Waals surface area contributed by atoms with Crippen LogP contribution in [0.1, 0.15) is 64.6 Å². The Balaban J connectivity index is 1.81. The van der Waals surface area contributed by atoms with E-state index < -0.39 is 12.2 Å². The van der Waals surface area contributed by atoms with E-state index in [2.05, 4.69) is 0 Å². The Bertz CT molecular complexity index is 691. The van der Waals surface area contributed by atoms with Gasteiger partial charge >= 0.3 is 5.97 Å². The highest BCUT2D eigenvalue weighted by molar-refractivity contribution is 5.81. The van der Waals surface area contributed by atoms with Crippen LogP contribution >= 0.6 is 0 Å². The van der Waals surface area contributed by atoms with E-state index in [1.54, 1.807) is 13.4 Å². The number of aryl methyl sites for hydroxylation is 1. The summed E-state index contributed by atoms with van der Waals surface area (Å²) in [4.78, 5) is 11.5. The Hall–Kier alpha value is -2.05. The Morgan fingerprint density at radius 1 is 1.23 bits per heavy atom. The summed E-state index contributed by atoms with van der Waals surface area (Å²) in [5.74, 6) is 1.21. The molecule has 1 aromatic heterocycles. The van der Waals surface area contributed by atoms with E-state index in [-0.39, 0.29) is 23.9 Å². The van der Waals surface area contributed by atoms with Crippen molar-refractivity contribution in [2.75, 3.05) is 7.11 Å². The summed E-state index contributed by atoms with van der Waals surface area (Å²) >= 11 is 0. The molecule has 31 heavy (non-hydrogen) atoms. The highest BCUT2D eigenvalue weighted by atomic mass is 16.5. The third-order valence-corrected chi connectivity index (χ3v) is 5.73. The van der Waals surface area contributed by atoms with Gasteiger partial charge in [-0.3, -0.25) is 0 Å². The Morgan fingerprint density at radius 3 is 2.71 bits per heavy atom. The van der Waals surface area contributed by atoms with Crippen LogP contribution in [0.3, 0.4) is 0 Å². The Kier molecular flexibility index (Phi) is 10.9. The average molecular weight is 435 g/mol. The average Bonchev–Trinajstić information content (AvgIpc) is 3.32. The van der Waals surface area contributed by atoms with Gasteiger partial charge in [-0.2, -0.15) is 0 Å². The van der Waals surface area contributed by atoms with Crippen LogP contribution in [0.2, 0.25) is 0 Å². The first kappa shape index (κ1) is 25.2. The quantitative estimate of drug-likeness (QED) is 0.205. The lowest BCUT2D eigenvalue weighted by Crippen LogP contribution is -2.25. The molecule has 1 saturated carbocycles. The molecule has 174 valence electrons. The fraction of sp³-hybridized carbons (Fsp3) is 0.640. The summed E-state index contributed by atoms with van der Waals surface area (Å²) in [5.41, 5.74) is 0. The van der Waals surface area contributed by atoms with Crippen LogP contribution in [0.25, 0.3) is 0 Å². The molecule has 0 spiro atoms. The van der Waals surface area contributed by atoms with Crippen molar-refractivity contribution in [1.29, 1.82) is 0 Å². The smallest absolute Gasteiger partial charge is 0.330 e. The Morgan fingerprint density at radius 2 is 2.03 bits per heavy atom. The van der Waals surface area contributed by atoms with Crippen LogP contribution in [0.5, 0.6) is 0 Å². The van der Waals surface area contributed by atoms with Gasteiger partial charge in [0.25, 0.3) is 0 Å². The summed E-state index contributed by atoms with van der Waals surface area (Å²) in [5, 5.41) is 21.1. The SMILES string of the molecule is COC(=CCCCc1ccco1)C1C(CCCCC=CC(=O)OC(C)C)[C@@H](O)C[C@H]1O. The summed E-state index contributed by atoms with van der Waals surface area (Å²) < 4.78 is 16.1.